The summed E-state index contributed by atoms with van der Waals surface area (Å²) in [6.07, 6.45) is 0. The van der Waals surface area contributed by atoms with Crippen molar-refractivity contribution in [3.8, 4) is 0 Å². The summed E-state index contributed by atoms with van der Waals surface area (Å²) in [6.45, 7) is 3.86. The number of nitrogens with zero attached hydrogens (tertiary/aromatic N) is 4. The Morgan fingerprint density at radius 3 is 2.63 bits per heavy atom. The zero-order valence-corrected chi connectivity index (χ0v) is 15.8. The predicted octanol–water partition coefficient (Wildman–Crippen LogP) is 2.85. The molecule has 1 aromatic heterocycles. The smallest absolute Gasteiger partial charge is 0.254 e. The minimum absolute atomic E-state index is 0.102. The third kappa shape index (κ3) is 3.66. The Hall–Kier alpha value is -2.86. The number of aromatic nitrogens is 1. The lowest BCUT2D eigenvalue weighted by Crippen LogP contribution is -2.48. The maximum absolute atomic E-state index is 12.8. The fraction of sp³-hybridized carbons (Fsp3) is 0.333. The normalized spacial score (nSPS) is 15.3. The predicted molar refractivity (Wildman–Crippen MR) is 106 cm³/mol. The van der Waals surface area contributed by atoms with Gasteiger partial charge >= 0.3 is 0 Å². The van der Waals surface area contributed by atoms with Gasteiger partial charge in [-0.3, -0.25) is 9.69 Å². The van der Waals surface area contributed by atoms with Crippen LogP contribution in [-0.4, -0.2) is 61.1 Å². The molecule has 1 aliphatic heterocycles. The number of carbonyl (C=O) groups is 1. The van der Waals surface area contributed by atoms with Crippen molar-refractivity contribution in [1.82, 2.24) is 15.0 Å². The summed E-state index contributed by atoms with van der Waals surface area (Å²) in [6, 6.07) is 15.7. The number of benzene rings is 2. The summed E-state index contributed by atoms with van der Waals surface area (Å²) >= 11 is 0. The SMILES string of the molecule is CN(C)c1cccc(C(=O)N2CCN(Cc3noc4ccccc34)CC2)c1. The topological polar surface area (TPSA) is 52.8 Å². The van der Waals surface area contributed by atoms with Crippen molar-refractivity contribution in [2.24, 2.45) is 0 Å². The largest absolute Gasteiger partial charge is 0.378 e. The molecular weight excluding hydrogens is 340 g/mol. The van der Waals surface area contributed by atoms with Crippen molar-refractivity contribution in [1.29, 1.82) is 0 Å². The van der Waals surface area contributed by atoms with Gasteiger partial charge in [0.2, 0.25) is 0 Å². The summed E-state index contributed by atoms with van der Waals surface area (Å²) in [5.74, 6) is 0.102. The number of hydrogen-bond donors (Lipinski definition) is 0. The van der Waals surface area contributed by atoms with Crippen LogP contribution < -0.4 is 4.90 Å². The molecular formula is C21H24N4O2. The van der Waals surface area contributed by atoms with E-state index in [-0.39, 0.29) is 5.91 Å². The van der Waals surface area contributed by atoms with Crippen molar-refractivity contribution >= 4 is 22.6 Å². The first-order valence-electron chi connectivity index (χ1n) is 9.24. The number of hydrogen-bond acceptors (Lipinski definition) is 5. The summed E-state index contributed by atoms with van der Waals surface area (Å²) in [4.78, 5) is 19.1. The summed E-state index contributed by atoms with van der Waals surface area (Å²) in [5, 5.41) is 5.28. The zero-order valence-electron chi connectivity index (χ0n) is 15.8. The zero-order chi connectivity index (χ0) is 18.8. The molecule has 0 bridgehead atoms. The van der Waals surface area contributed by atoms with E-state index in [1.165, 1.54) is 0 Å². The van der Waals surface area contributed by atoms with E-state index in [9.17, 15) is 4.79 Å². The standard InChI is InChI=1S/C21H24N4O2/c1-23(2)17-7-5-6-16(14-17)21(26)25-12-10-24(11-13-25)15-19-18-8-3-4-9-20(18)27-22-19/h3-9,14H,10-13,15H2,1-2H3. The number of piperazine rings is 1. The van der Waals surface area contributed by atoms with Crippen molar-refractivity contribution in [2.75, 3.05) is 45.2 Å². The van der Waals surface area contributed by atoms with Gasteiger partial charge in [-0.2, -0.15) is 0 Å². The highest BCUT2D eigenvalue weighted by Crippen LogP contribution is 2.20. The van der Waals surface area contributed by atoms with Gasteiger partial charge < -0.3 is 14.3 Å². The fourth-order valence-corrected chi connectivity index (χ4v) is 3.47. The molecule has 6 heteroatoms. The molecule has 0 radical (unpaired) electrons. The molecule has 0 aliphatic carbocycles. The van der Waals surface area contributed by atoms with E-state index in [2.05, 4.69) is 10.1 Å². The van der Waals surface area contributed by atoms with Gasteiger partial charge in [0.25, 0.3) is 5.91 Å². The molecule has 0 atom stereocenters. The van der Waals surface area contributed by atoms with Crippen LogP contribution in [0.1, 0.15) is 16.1 Å². The molecule has 3 aromatic rings. The van der Waals surface area contributed by atoms with Crippen molar-refractivity contribution in [3.63, 3.8) is 0 Å². The lowest BCUT2D eigenvalue weighted by molar-refractivity contribution is 0.0626. The Labute approximate surface area is 158 Å². The number of fused-ring (bicyclic) bond motifs is 1. The first-order valence-corrected chi connectivity index (χ1v) is 9.24. The lowest BCUT2D eigenvalue weighted by Gasteiger charge is -2.34. The molecule has 1 amide bonds. The van der Waals surface area contributed by atoms with Crippen LogP contribution in [0.2, 0.25) is 0 Å². The Kier molecular flexibility index (Phi) is 4.81. The molecule has 0 unspecified atom stereocenters. The lowest BCUT2D eigenvalue weighted by atomic mass is 10.1. The highest BCUT2D eigenvalue weighted by molar-refractivity contribution is 5.95. The van der Waals surface area contributed by atoms with E-state index in [0.29, 0.717) is 0 Å². The minimum Gasteiger partial charge on any atom is -0.378 e. The number of carbonyl (C=O) groups excluding carboxylic acids is 1. The van der Waals surface area contributed by atoms with Gasteiger partial charge in [-0.15, -0.1) is 0 Å². The first kappa shape index (κ1) is 17.5. The van der Waals surface area contributed by atoms with Crippen LogP contribution in [0, 0.1) is 0 Å². The molecule has 2 heterocycles. The van der Waals surface area contributed by atoms with Crippen molar-refractivity contribution < 1.29 is 9.32 Å². The third-order valence-electron chi connectivity index (χ3n) is 5.09. The summed E-state index contributed by atoms with van der Waals surface area (Å²) in [7, 11) is 3.96. The van der Waals surface area contributed by atoms with E-state index in [1.54, 1.807) is 0 Å². The minimum atomic E-state index is 0.102. The highest BCUT2D eigenvalue weighted by atomic mass is 16.5. The Morgan fingerprint density at radius 1 is 1.07 bits per heavy atom. The van der Waals surface area contributed by atoms with E-state index in [1.807, 2.05) is 72.4 Å². The fourth-order valence-electron chi connectivity index (χ4n) is 3.47. The summed E-state index contributed by atoms with van der Waals surface area (Å²) < 4.78 is 5.39. The molecule has 1 saturated heterocycles. The molecule has 0 spiro atoms. The monoisotopic (exact) mass is 364 g/mol. The van der Waals surface area contributed by atoms with Gasteiger partial charge in [0, 0.05) is 63.5 Å². The van der Waals surface area contributed by atoms with Gasteiger partial charge in [0.05, 0.1) is 0 Å². The second-order valence-corrected chi connectivity index (χ2v) is 7.14. The average Bonchev–Trinajstić information content (AvgIpc) is 3.11. The maximum atomic E-state index is 12.8. The number of rotatable bonds is 4. The number of para-hydroxylation sites is 1. The van der Waals surface area contributed by atoms with Gasteiger partial charge in [-0.25, -0.2) is 0 Å². The van der Waals surface area contributed by atoms with Crippen LogP contribution in [-0.2, 0) is 6.54 Å². The van der Waals surface area contributed by atoms with Crippen LogP contribution in [0.5, 0.6) is 0 Å². The summed E-state index contributed by atoms with van der Waals surface area (Å²) in [5.41, 5.74) is 3.57. The molecule has 27 heavy (non-hydrogen) atoms. The Balaban J connectivity index is 1.38. The molecule has 140 valence electrons. The number of amides is 1. The van der Waals surface area contributed by atoms with Gasteiger partial charge in [0.1, 0.15) is 5.69 Å². The molecule has 0 N–H and O–H groups in total. The molecule has 0 saturated carbocycles. The van der Waals surface area contributed by atoms with E-state index in [4.69, 9.17) is 4.52 Å². The third-order valence-corrected chi connectivity index (χ3v) is 5.09. The Morgan fingerprint density at radius 2 is 1.85 bits per heavy atom. The van der Waals surface area contributed by atoms with Crippen LogP contribution in [0.15, 0.2) is 53.1 Å². The van der Waals surface area contributed by atoms with E-state index >= 15 is 0 Å². The van der Waals surface area contributed by atoms with E-state index in [0.717, 1.165) is 60.6 Å². The molecule has 1 fully saturated rings. The number of anilines is 1. The quantitative estimate of drug-likeness (QED) is 0.713. The van der Waals surface area contributed by atoms with Crippen molar-refractivity contribution in [3.05, 3.63) is 59.8 Å². The Bertz CT molecular complexity index is 942. The second kappa shape index (κ2) is 7.40. The molecule has 1 aliphatic rings. The second-order valence-electron chi connectivity index (χ2n) is 7.14. The van der Waals surface area contributed by atoms with Gasteiger partial charge in [-0.05, 0) is 30.3 Å². The molecule has 2 aromatic carbocycles. The molecule has 6 nitrogen and oxygen atoms in total. The highest BCUT2D eigenvalue weighted by Gasteiger charge is 2.23. The van der Waals surface area contributed by atoms with Crippen LogP contribution in [0.4, 0.5) is 5.69 Å². The van der Waals surface area contributed by atoms with Gasteiger partial charge in [-0.1, -0.05) is 23.4 Å². The van der Waals surface area contributed by atoms with Crippen LogP contribution in [0.3, 0.4) is 0 Å². The van der Waals surface area contributed by atoms with Crippen LogP contribution in [0.25, 0.3) is 11.0 Å². The van der Waals surface area contributed by atoms with Crippen LogP contribution >= 0.6 is 0 Å². The van der Waals surface area contributed by atoms with E-state index < -0.39 is 0 Å². The first-order chi connectivity index (χ1) is 13.1. The van der Waals surface area contributed by atoms with Gasteiger partial charge in [0.15, 0.2) is 5.58 Å². The molecule has 4 rings (SSSR count). The van der Waals surface area contributed by atoms with Crippen molar-refractivity contribution in [2.45, 2.75) is 6.54 Å². The maximum Gasteiger partial charge on any atom is 0.254 e. The average molecular weight is 364 g/mol.